The van der Waals surface area contributed by atoms with E-state index < -0.39 is 29.2 Å². The summed E-state index contributed by atoms with van der Waals surface area (Å²) in [5.74, 6) is -2.53. The summed E-state index contributed by atoms with van der Waals surface area (Å²) in [5.41, 5.74) is -0.573. The second-order valence-electron chi connectivity index (χ2n) is 5.51. The molecular weight excluding hydrogens is 346 g/mol. The quantitative estimate of drug-likeness (QED) is 0.892. The van der Waals surface area contributed by atoms with Gasteiger partial charge >= 0.3 is 0 Å². The SMILES string of the molecule is CN(C)CC1CC(O)CN1C(=O)c1c(F)cc(Br)cc1F. The van der Waals surface area contributed by atoms with Crippen molar-refractivity contribution in [1.29, 1.82) is 0 Å². The van der Waals surface area contributed by atoms with Crippen LogP contribution in [0.15, 0.2) is 16.6 Å². The molecule has 1 aliphatic heterocycles. The van der Waals surface area contributed by atoms with Crippen LogP contribution in [0.1, 0.15) is 16.8 Å². The lowest BCUT2D eigenvalue weighted by Crippen LogP contribution is -2.42. The van der Waals surface area contributed by atoms with Crippen molar-refractivity contribution < 1.29 is 18.7 Å². The van der Waals surface area contributed by atoms with Crippen LogP contribution >= 0.6 is 15.9 Å². The number of halogens is 3. The second-order valence-corrected chi connectivity index (χ2v) is 6.42. The summed E-state index contributed by atoms with van der Waals surface area (Å²) in [6, 6.07) is 1.86. The van der Waals surface area contributed by atoms with E-state index in [0.29, 0.717) is 13.0 Å². The van der Waals surface area contributed by atoms with Crippen LogP contribution in [-0.2, 0) is 0 Å². The Labute approximate surface area is 130 Å². The van der Waals surface area contributed by atoms with Gasteiger partial charge in [-0.15, -0.1) is 0 Å². The fraction of sp³-hybridized carbons (Fsp3) is 0.500. The molecule has 0 aliphatic carbocycles. The first-order valence-electron chi connectivity index (χ1n) is 6.58. The fourth-order valence-electron chi connectivity index (χ4n) is 2.63. The van der Waals surface area contributed by atoms with Gasteiger partial charge in [0.2, 0.25) is 0 Å². The number of carbonyl (C=O) groups excluding carboxylic acids is 1. The van der Waals surface area contributed by atoms with Crippen LogP contribution in [0.5, 0.6) is 0 Å². The van der Waals surface area contributed by atoms with Gasteiger partial charge < -0.3 is 14.9 Å². The van der Waals surface area contributed by atoms with Crippen molar-refractivity contribution in [2.45, 2.75) is 18.6 Å². The van der Waals surface area contributed by atoms with Gasteiger partial charge in [0.1, 0.15) is 17.2 Å². The number of nitrogens with zero attached hydrogens (tertiary/aromatic N) is 2. The van der Waals surface area contributed by atoms with E-state index in [0.717, 1.165) is 12.1 Å². The Kier molecular flexibility index (Phi) is 4.95. The summed E-state index contributed by atoms with van der Waals surface area (Å²) < 4.78 is 28.1. The fourth-order valence-corrected chi connectivity index (χ4v) is 3.03. The van der Waals surface area contributed by atoms with Crippen molar-refractivity contribution in [2.75, 3.05) is 27.2 Å². The van der Waals surface area contributed by atoms with E-state index in [9.17, 15) is 18.7 Å². The van der Waals surface area contributed by atoms with Crippen molar-refractivity contribution in [1.82, 2.24) is 9.80 Å². The van der Waals surface area contributed by atoms with E-state index in [2.05, 4.69) is 15.9 Å². The third-order valence-corrected chi connectivity index (χ3v) is 3.91. The molecule has 116 valence electrons. The van der Waals surface area contributed by atoms with E-state index >= 15 is 0 Å². The number of likely N-dealkylation sites (tertiary alicyclic amines) is 1. The first kappa shape index (κ1) is 16.3. The van der Waals surface area contributed by atoms with Crippen LogP contribution in [0.25, 0.3) is 0 Å². The highest BCUT2D eigenvalue weighted by Gasteiger charge is 2.36. The van der Waals surface area contributed by atoms with Gasteiger partial charge in [-0.05, 0) is 32.6 Å². The van der Waals surface area contributed by atoms with E-state index in [-0.39, 0.29) is 17.1 Å². The lowest BCUT2D eigenvalue weighted by Gasteiger charge is -2.27. The number of hydrogen-bond donors (Lipinski definition) is 1. The maximum Gasteiger partial charge on any atom is 0.260 e. The molecule has 1 aromatic carbocycles. The van der Waals surface area contributed by atoms with Gasteiger partial charge in [-0.1, -0.05) is 15.9 Å². The van der Waals surface area contributed by atoms with Crippen molar-refractivity contribution in [3.05, 3.63) is 33.8 Å². The first-order valence-corrected chi connectivity index (χ1v) is 7.37. The molecule has 1 fully saturated rings. The average Bonchev–Trinajstić information content (AvgIpc) is 2.67. The summed E-state index contributed by atoms with van der Waals surface area (Å²) in [5, 5.41) is 9.75. The molecule has 4 nitrogen and oxygen atoms in total. The molecule has 0 radical (unpaired) electrons. The van der Waals surface area contributed by atoms with Gasteiger partial charge in [0.05, 0.1) is 6.10 Å². The highest BCUT2D eigenvalue weighted by molar-refractivity contribution is 9.10. The summed E-state index contributed by atoms with van der Waals surface area (Å²) in [6.45, 7) is 0.620. The molecule has 0 bridgehead atoms. The molecule has 1 N–H and O–H groups in total. The smallest absolute Gasteiger partial charge is 0.260 e. The molecule has 2 rings (SSSR count). The molecule has 0 saturated carbocycles. The summed E-state index contributed by atoms with van der Waals surface area (Å²) >= 11 is 2.98. The normalized spacial score (nSPS) is 22.1. The predicted molar refractivity (Wildman–Crippen MR) is 78.1 cm³/mol. The summed E-state index contributed by atoms with van der Waals surface area (Å²) in [6.07, 6.45) is -0.260. The minimum absolute atomic E-state index is 0.0896. The van der Waals surface area contributed by atoms with E-state index in [1.165, 1.54) is 4.90 Å². The molecule has 0 aromatic heterocycles. The van der Waals surface area contributed by atoms with Crippen LogP contribution < -0.4 is 0 Å². The van der Waals surface area contributed by atoms with Crippen molar-refractivity contribution in [3.63, 3.8) is 0 Å². The average molecular weight is 363 g/mol. The van der Waals surface area contributed by atoms with Gasteiger partial charge in [-0.25, -0.2) is 8.78 Å². The molecule has 1 saturated heterocycles. The Bertz CT molecular complexity index is 531. The van der Waals surface area contributed by atoms with Gasteiger partial charge in [0.25, 0.3) is 5.91 Å². The molecule has 1 amide bonds. The molecule has 7 heteroatoms. The van der Waals surface area contributed by atoms with Crippen LogP contribution in [0.4, 0.5) is 8.78 Å². The zero-order chi connectivity index (χ0) is 15.7. The molecule has 1 aromatic rings. The summed E-state index contributed by atoms with van der Waals surface area (Å²) in [7, 11) is 3.68. The van der Waals surface area contributed by atoms with Crippen molar-refractivity contribution in [2.24, 2.45) is 0 Å². The first-order chi connectivity index (χ1) is 9.79. The van der Waals surface area contributed by atoms with Crippen LogP contribution in [0.3, 0.4) is 0 Å². The van der Waals surface area contributed by atoms with Crippen LogP contribution in [-0.4, -0.2) is 60.1 Å². The minimum atomic E-state index is -0.906. The molecule has 0 spiro atoms. The summed E-state index contributed by atoms with van der Waals surface area (Å²) in [4.78, 5) is 15.7. The number of likely N-dealkylation sites (N-methyl/N-ethyl adjacent to an activating group) is 1. The maximum absolute atomic E-state index is 13.9. The molecule has 1 heterocycles. The number of aliphatic hydroxyl groups is 1. The lowest BCUT2D eigenvalue weighted by molar-refractivity contribution is 0.0689. The zero-order valence-corrected chi connectivity index (χ0v) is 13.4. The number of hydrogen-bond acceptors (Lipinski definition) is 3. The monoisotopic (exact) mass is 362 g/mol. The van der Waals surface area contributed by atoms with Crippen LogP contribution in [0.2, 0.25) is 0 Å². The third kappa shape index (κ3) is 3.59. The van der Waals surface area contributed by atoms with Gasteiger partial charge in [-0.3, -0.25) is 4.79 Å². The van der Waals surface area contributed by atoms with E-state index in [4.69, 9.17) is 0 Å². The zero-order valence-electron chi connectivity index (χ0n) is 11.8. The third-order valence-electron chi connectivity index (χ3n) is 3.45. The lowest BCUT2D eigenvalue weighted by atomic mass is 10.1. The van der Waals surface area contributed by atoms with E-state index in [1.54, 1.807) is 0 Å². The molecule has 2 atom stereocenters. The predicted octanol–water partition coefficient (Wildman–Crippen LogP) is 1.86. The van der Waals surface area contributed by atoms with Gasteiger partial charge in [-0.2, -0.15) is 0 Å². The Morgan fingerprint density at radius 3 is 2.52 bits per heavy atom. The van der Waals surface area contributed by atoms with Crippen LogP contribution in [0, 0.1) is 11.6 Å². The molecular formula is C14H17BrF2N2O2. The number of β-amino-alcohol motifs (C(OH)–C–C–N with tert-alkyl or cyclic N) is 1. The Balaban J connectivity index is 2.30. The largest absolute Gasteiger partial charge is 0.391 e. The Morgan fingerprint density at radius 1 is 1.43 bits per heavy atom. The second kappa shape index (κ2) is 6.37. The highest BCUT2D eigenvalue weighted by atomic mass is 79.9. The van der Waals surface area contributed by atoms with Gasteiger partial charge in [0.15, 0.2) is 0 Å². The Morgan fingerprint density at radius 2 is 2.00 bits per heavy atom. The number of benzene rings is 1. The highest BCUT2D eigenvalue weighted by Crippen LogP contribution is 2.25. The molecule has 1 aliphatic rings. The van der Waals surface area contributed by atoms with E-state index in [1.807, 2.05) is 19.0 Å². The molecule has 2 unspecified atom stereocenters. The number of aliphatic hydroxyl groups excluding tert-OH is 1. The molecule has 21 heavy (non-hydrogen) atoms. The van der Waals surface area contributed by atoms with Crippen molar-refractivity contribution in [3.8, 4) is 0 Å². The van der Waals surface area contributed by atoms with Gasteiger partial charge in [0, 0.05) is 23.6 Å². The maximum atomic E-state index is 13.9. The minimum Gasteiger partial charge on any atom is -0.391 e. The van der Waals surface area contributed by atoms with Crippen molar-refractivity contribution >= 4 is 21.8 Å². The Hall–Kier alpha value is -1.05. The topological polar surface area (TPSA) is 43.8 Å². The standard InChI is InChI=1S/C14H17BrF2N2O2/c1-18(2)6-9-5-10(20)7-19(9)14(21)13-11(16)3-8(15)4-12(13)17/h3-4,9-10,20H,5-7H2,1-2H3. The number of carbonyl (C=O) groups is 1. The number of amides is 1. The number of rotatable bonds is 3.